The predicted octanol–water partition coefficient (Wildman–Crippen LogP) is 1.26. The Kier molecular flexibility index (Phi) is 5.19. The van der Waals surface area contributed by atoms with E-state index in [9.17, 15) is 10.2 Å². The SMILES string of the molecule is COc1ccc(CN2CCC[C@H](CO)[C@@H]2CO)cc1. The fourth-order valence-corrected chi connectivity index (χ4v) is 2.85. The molecule has 4 heteroatoms. The molecule has 4 nitrogen and oxygen atoms in total. The van der Waals surface area contributed by atoms with Crippen molar-refractivity contribution in [1.29, 1.82) is 0 Å². The van der Waals surface area contributed by atoms with E-state index in [2.05, 4.69) is 17.0 Å². The van der Waals surface area contributed by atoms with Gasteiger partial charge in [0.2, 0.25) is 0 Å². The van der Waals surface area contributed by atoms with E-state index < -0.39 is 0 Å². The first-order chi connectivity index (χ1) is 9.28. The van der Waals surface area contributed by atoms with Crippen molar-refractivity contribution in [3.05, 3.63) is 29.8 Å². The third kappa shape index (κ3) is 3.47. The summed E-state index contributed by atoms with van der Waals surface area (Å²) < 4.78 is 5.15. The van der Waals surface area contributed by atoms with Crippen molar-refractivity contribution in [2.75, 3.05) is 26.9 Å². The number of aliphatic hydroxyl groups is 2. The molecule has 0 bridgehead atoms. The molecule has 1 saturated heterocycles. The Labute approximate surface area is 114 Å². The minimum Gasteiger partial charge on any atom is -0.497 e. The van der Waals surface area contributed by atoms with Crippen LogP contribution in [0, 0.1) is 5.92 Å². The molecule has 2 atom stereocenters. The fourth-order valence-electron chi connectivity index (χ4n) is 2.85. The third-order valence-electron chi connectivity index (χ3n) is 4.00. The van der Waals surface area contributed by atoms with Crippen LogP contribution < -0.4 is 4.74 Å². The van der Waals surface area contributed by atoms with Crippen LogP contribution in [-0.2, 0) is 6.54 Å². The molecule has 0 radical (unpaired) electrons. The second-order valence-corrected chi connectivity index (χ2v) is 5.15. The van der Waals surface area contributed by atoms with Gasteiger partial charge in [-0.15, -0.1) is 0 Å². The number of benzene rings is 1. The van der Waals surface area contributed by atoms with Crippen LogP contribution in [0.5, 0.6) is 5.75 Å². The Balaban J connectivity index is 2.03. The molecule has 1 aromatic rings. The molecule has 1 aromatic carbocycles. The highest BCUT2D eigenvalue weighted by Gasteiger charge is 2.30. The molecule has 0 saturated carbocycles. The maximum absolute atomic E-state index is 9.55. The first-order valence-electron chi connectivity index (χ1n) is 6.87. The van der Waals surface area contributed by atoms with Crippen molar-refractivity contribution < 1.29 is 14.9 Å². The van der Waals surface area contributed by atoms with E-state index in [-0.39, 0.29) is 25.2 Å². The lowest BCUT2D eigenvalue weighted by Gasteiger charge is -2.39. The Morgan fingerprint density at radius 2 is 1.95 bits per heavy atom. The number of ether oxygens (including phenoxy) is 1. The van der Waals surface area contributed by atoms with E-state index in [0.29, 0.717) is 0 Å². The van der Waals surface area contributed by atoms with E-state index >= 15 is 0 Å². The van der Waals surface area contributed by atoms with Gasteiger partial charge in [-0.3, -0.25) is 4.90 Å². The molecule has 0 spiro atoms. The van der Waals surface area contributed by atoms with E-state index in [1.165, 1.54) is 5.56 Å². The van der Waals surface area contributed by atoms with E-state index in [1.807, 2.05) is 12.1 Å². The third-order valence-corrected chi connectivity index (χ3v) is 4.00. The van der Waals surface area contributed by atoms with Crippen LogP contribution in [0.1, 0.15) is 18.4 Å². The Morgan fingerprint density at radius 3 is 2.53 bits per heavy atom. The molecular weight excluding hydrogens is 242 g/mol. The van der Waals surface area contributed by atoms with Gasteiger partial charge in [0.25, 0.3) is 0 Å². The molecule has 0 amide bonds. The number of piperidine rings is 1. The lowest BCUT2D eigenvalue weighted by Crippen LogP contribution is -2.48. The van der Waals surface area contributed by atoms with Gasteiger partial charge in [0, 0.05) is 19.2 Å². The van der Waals surface area contributed by atoms with Crippen molar-refractivity contribution >= 4 is 0 Å². The van der Waals surface area contributed by atoms with Crippen molar-refractivity contribution in [2.45, 2.75) is 25.4 Å². The van der Waals surface area contributed by atoms with Crippen molar-refractivity contribution in [1.82, 2.24) is 4.90 Å². The number of hydrogen-bond acceptors (Lipinski definition) is 4. The summed E-state index contributed by atoms with van der Waals surface area (Å²) in [5.74, 6) is 1.05. The number of methoxy groups -OCH3 is 1. The second-order valence-electron chi connectivity index (χ2n) is 5.15. The highest BCUT2D eigenvalue weighted by atomic mass is 16.5. The molecule has 2 rings (SSSR count). The molecule has 1 aliphatic heterocycles. The zero-order valence-corrected chi connectivity index (χ0v) is 11.5. The number of likely N-dealkylation sites (tertiary alicyclic amines) is 1. The molecule has 2 N–H and O–H groups in total. The number of aliphatic hydroxyl groups excluding tert-OH is 2. The van der Waals surface area contributed by atoms with Crippen LogP contribution in [0.15, 0.2) is 24.3 Å². The van der Waals surface area contributed by atoms with Gasteiger partial charge in [-0.25, -0.2) is 0 Å². The zero-order chi connectivity index (χ0) is 13.7. The van der Waals surface area contributed by atoms with Gasteiger partial charge < -0.3 is 14.9 Å². The molecule has 0 aromatic heterocycles. The van der Waals surface area contributed by atoms with Crippen LogP contribution in [0.25, 0.3) is 0 Å². The molecule has 1 aliphatic rings. The monoisotopic (exact) mass is 265 g/mol. The predicted molar refractivity (Wildman–Crippen MR) is 74.1 cm³/mol. The molecule has 0 unspecified atom stereocenters. The second kappa shape index (κ2) is 6.89. The van der Waals surface area contributed by atoms with Gasteiger partial charge in [-0.1, -0.05) is 12.1 Å². The van der Waals surface area contributed by atoms with Crippen molar-refractivity contribution in [3.8, 4) is 5.75 Å². The quantitative estimate of drug-likeness (QED) is 0.841. The highest BCUT2D eigenvalue weighted by Crippen LogP contribution is 2.25. The summed E-state index contributed by atoms with van der Waals surface area (Å²) in [6.07, 6.45) is 2.08. The highest BCUT2D eigenvalue weighted by molar-refractivity contribution is 5.27. The molecule has 0 aliphatic carbocycles. The first kappa shape index (κ1) is 14.3. The van der Waals surface area contributed by atoms with E-state index in [4.69, 9.17) is 4.74 Å². The van der Waals surface area contributed by atoms with Gasteiger partial charge >= 0.3 is 0 Å². The summed E-state index contributed by atoms with van der Waals surface area (Å²) in [7, 11) is 1.66. The largest absolute Gasteiger partial charge is 0.497 e. The van der Waals surface area contributed by atoms with Crippen molar-refractivity contribution in [3.63, 3.8) is 0 Å². The topological polar surface area (TPSA) is 52.9 Å². The minimum atomic E-state index is 0.0702. The Morgan fingerprint density at radius 1 is 1.21 bits per heavy atom. The van der Waals surface area contributed by atoms with Gasteiger partial charge in [-0.05, 0) is 43.0 Å². The van der Waals surface area contributed by atoms with E-state index in [0.717, 1.165) is 31.7 Å². The lowest BCUT2D eigenvalue weighted by molar-refractivity contribution is 0.0161. The van der Waals surface area contributed by atoms with Crippen LogP contribution in [0.4, 0.5) is 0 Å². The van der Waals surface area contributed by atoms with Crippen LogP contribution >= 0.6 is 0 Å². The average Bonchev–Trinajstić information content (AvgIpc) is 2.47. The number of nitrogens with zero attached hydrogens (tertiary/aromatic N) is 1. The summed E-state index contributed by atoms with van der Waals surface area (Å²) in [6, 6.07) is 8.08. The van der Waals surface area contributed by atoms with E-state index in [1.54, 1.807) is 7.11 Å². The first-order valence-corrected chi connectivity index (χ1v) is 6.87. The average molecular weight is 265 g/mol. The van der Waals surface area contributed by atoms with Gasteiger partial charge in [0.05, 0.1) is 13.7 Å². The van der Waals surface area contributed by atoms with Gasteiger partial charge in [-0.2, -0.15) is 0 Å². The summed E-state index contributed by atoms with van der Waals surface area (Å²) in [6.45, 7) is 2.06. The molecule has 106 valence electrons. The lowest BCUT2D eigenvalue weighted by atomic mass is 9.90. The number of rotatable bonds is 5. The zero-order valence-electron chi connectivity index (χ0n) is 11.5. The summed E-state index contributed by atoms with van der Waals surface area (Å²) in [4.78, 5) is 2.27. The standard InChI is InChI=1S/C15H23NO3/c1-19-14-6-4-12(5-7-14)9-16-8-2-3-13(10-17)15(16)11-18/h4-7,13,15,17-18H,2-3,8-11H2,1H3/t13-,15+/m1/s1. The maximum atomic E-state index is 9.55. The summed E-state index contributed by atoms with van der Waals surface area (Å²) >= 11 is 0. The molecular formula is C15H23NO3. The maximum Gasteiger partial charge on any atom is 0.118 e. The smallest absolute Gasteiger partial charge is 0.118 e. The fraction of sp³-hybridized carbons (Fsp3) is 0.600. The number of hydrogen-bond donors (Lipinski definition) is 2. The Hall–Kier alpha value is -1.10. The normalized spacial score (nSPS) is 24.4. The van der Waals surface area contributed by atoms with Gasteiger partial charge in [0.1, 0.15) is 5.75 Å². The van der Waals surface area contributed by atoms with Crippen LogP contribution in [-0.4, -0.2) is 48.0 Å². The summed E-state index contributed by atoms with van der Waals surface area (Å²) in [5.41, 5.74) is 1.21. The Bertz CT molecular complexity index is 379. The molecule has 1 fully saturated rings. The van der Waals surface area contributed by atoms with Crippen LogP contribution in [0.3, 0.4) is 0 Å². The van der Waals surface area contributed by atoms with Gasteiger partial charge in [0.15, 0.2) is 0 Å². The van der Waals surface area contributed by atoms with Crippen LogP contribution in [0.2, 0.25) is 0 Å². The molecule has 1 heterocycles. The minimum absolute atomic E-state index is 0.0702. The summed E-state index contributed by atoms with van der Waals surface area (Å²) in [5, 5.41) is 18.9. The molecule has 19 heavy (non-hydrogen) atoms. The van der Waals surface area contributed by atoms with Crippen molar-refractivity contribution in [2.24, 2.45) is 5.92 Å².